The zero-order chi connectivity index (χ0) is 9.14. The van der Waals surface area contributed by atoms with Crippen LogP contribution in [0, 0.1) is 0 Å². The molecule has 12 heavy (non-hydrogen) atoms. The number of ether oxygens (including phenoxy) is 1. The minimum Gasteiger partial charge on any atom is -0.465 e. The molecule has 5 heteroatoms. The van der Waals surface area contributed by atoms with Gasteiger partial charge in [-0.15, -0.1) is 0 Å². The van der Waals surface area contributed by atoms with Crippen LogP contribution in [0.2, 0.25) is 5.02 Å². The van der Waals surface area contributed by atoms with E-state index in [4.69, 9.17) is 17.3 Å². The maximum atomic E-state index is 11.0. The average Bonchev–Trinajstić information content (AvgIpc) is 2.03. The minimum absolute atomic E-state index is 0.216. The molecule has 1 heterocycles. The monoisotopic (exact) mass is 186 g/mol. The number of methoxy groups -OCH3 is 1. The lowest BCUT2D eigenvalue weighted by Gasteiger charge is -2.00. The molecule has 1 rings (SSSR count). The van der Waals surface area contributed by atoms with Gasteiger partial charge in [0.2, 0.25) is 0 Å². The summed E-state index contributed by atoms with van der Waals surface area (Å²) in [6, 6.07) is 1.40. The number of nitrogens with zero attached hydrogens (tertiary/aromatic N) is 1. The Morgan fingerprint density at radius 2 is 2.42 bits per heavy atom. The van der Waals surface area contributed by atoms with Crippen molar-refractivity contribution in [2.45, 2.75) is 0 Å². The predicted octanol–water partition coefficient (Wildman–Crippen LogP) is 1.10. The van der Waals surface area contributed by atoms with Gasteiger partial charge in [0.1, 0.15) is 5.82 Å². The van der Waals surface area contributed by atoms with Gasteiger partial charge in [-0.2, -0.15) is 0 Å². The first-order valence-electron chi connectivity index (χ1n) is 3.14. The predicted molar refractivity (Wildman–Crippen MR) is 45.0 cm³/mol. The fourth-order valence-corrected chi connectivity index (χ4v) is 0.944. The summed E-state index contributed by atoms with van der Waals surface area (Å²) >= 11 is 5.68. The molecular formula is C7H7ClN2O2. The number of nitrogen functional groups attached to an aromatic ring is 1. The van der Waals surface area contributed by atoms with Crippen LogP contribution >= 0.6 is 11.6 Å². The van der Waals surface area contributed by atoms with E-state index in [2.05, 4.69) is 9.72 Å². The van der Waals surface area contributed by atoms with Crippen molar-refractivity contribution >= 4 is 23.4 Å². The number of hydrogen-bond acceptors (Lipinski definition) is 4. The van der Waals surface area contributed by atoms with Crippen LogP contribution in [-0.2, 0) is 4.74 Å². The number of esters is 1. The van der Waals surface area contributed by atoms with Crippen LogP contribution in [0.1, 0.15) is 10.4 Å². The highest BCUT2D eigenvalue weighted by molar-refractivity contribution is 6.33. The maximum Gasteiger partial charge on any atom is 0.340 e. The lowest BCUT2D eigenvalue weighted by atomic mass is 10.3. The summed E-state index contributed by atoms with van der Waals surface area (Å²) in [5.41, 5.74) is 5.54. The van der Waals surface area contributed by atoms with E-state index >= 15 is 0 Å². The van der Waals surface area contributed by atoms with E-state index in [1.54, 1.807) is 0 Å². The largest absolute Gasteiger partial charge is 0.465 e. The Morgan fingerprint density at radius 1 is 1.75 bits per heavy atom. The lowest BCUT2D eigenvalue weighted by Crippen LogP contribution is -2.03. The Hall–Kier alpha value is -1.29. The van der Waals surface area contributed by atoms with Crippen LogP contribution in [0.25, 0.3) is 0 Å². The molecule has 0 atom stereocenters. The Bertz CT molecular complexity index is 314. The molecule has 2 N–H and O–H groups in total. The number of aromatic nitrogens is 1. The van der Waals surface area contributed by atoms with Gasteiger partial charge in [-0.05, 0) is 6.07 Å². The van der Waals surface area contributed by atoms with Crippen LogP contribution in [0.4, 0.5) is 5.82 Å². The standard InChI is InChI=1S/C7H7ClN2O2/c1-12-7(11)4-3-10-6(9)2-5(4)8/h2-3H,1H3,(H2,9,10). The third-order valence-corrected chi connectivity index (χ3v) is 1.59. The van der Waals surface area contributed by atoms with E-state index in [-0.39, 0.29) is 16.4 Å². The van der Waals surface area contributed by atoms with Gasteiger partial charge in [0.05, 0.1) is 17.7 Å². The third-order valence-electron chi connectivity index (χ3n) is 1.28. The fourth-order valence-electron chi connectivity index (χ4n) is 0.706. The van der Waals surface area contributed by atoms with Gasteiger partial charge in [-0.25, -0.2) is 9.78 Å². The molecule has 0 aliphatic heterocycles. The van der Waals surface area contributed by atoms with Gasteiger partial charge in [0.15, 0.2) is 0 Å². The van der Waals surface area contributed by atoms with E-state index in [1.165, 1.54) is 19.4 Å². The average molecular weight is 187 g/mol. The number of halogens is 1. The van der Waals surface area contributed by atoms with E-state index in [1.807, 2.05) is 0 Å². The van der Waals surface area contributed by atoms with Gasteiger partial charge in [0, 0.05) is 6.20 Å². The summed E-state index contributed by atoms with van der Waals surface area (Å²) < 4.78 is 4.45. The summed E-state index contributed by atoms with van der Waals surface area (Å²) in [4.78, 5) is 14.7. The van der Waals surface area contributed by atoms with Crippen LogP contribution < -0.4 is 5.73 Å². The van der Waals surface area contributed by atoms with Crippen molar-refractivity contribution in [3.8, 4) is 0 Å². The van der Waals surface area contributed by atoms with Gasteiger partial charge < -0.3 is 10.5 Å². The molecule has 0 saturated carbocycles. The molecule has 0 spiro atoms. The highest BCUT2D eigenvalue weighted by Crippen LogP contribution is 2.17. The van der Waals surface area contributed by atoms with Crippen molar-refractivity contribution in [1.29, 1.82) is 0 Å². The molecule has 1 aromatic rings. The molecule has 0 amide bonds. The number of anilines is 1. The first kappa shape index (κ1) is 8.80. The summed E-state index contributed by atoms with van der Waals surface area (Å²) in [5, 5.41) is 0.245. The molecule has 0 fully saturated rings. The number of hydrogen-bond donors (Lipinski definition) is 1. The van der Waals surface area contributed by atoms with Crippen LogP contribution in [0.3, 0.4) is 0 Å². The second kappa shape index (κ2) is 3.40. The molecule has 0 radical (unpaired) electrons. The maximum absolute atomic E-state index is 11.0. The van der Waals surface area contributed by atoms with E-state index in [0.29, 0.717) is 0 Å². The number of nitrogens with two attached hydrogens (primary N) is 1. The summed E-state index contributed by atoms with van der Waals surface area (Å²) in [5.74, 6) is -0.250. The molecule has 0 aliphatic carbocycles. The molecule has 0 aliphatic rings. The molecular weight excluding hydrogens is 180 g/mol. The zero-order valence-electron chi connectivity index (χ0n) is 6.37. The molecule has 0 saturated heterocycles. The highest BCUT2D eigenvalue weighted by Gasteiger charge is 2.10. The normalized spacial score (nSPS) is 9.50. The van der Waals surface area contributed by atoms with Crippen molar-refractivity contribution in [1.82, 2.24) is 4.98 Å². The quantitative estimate of drug-likeness (QED) is 0.668. The SMILES string of the molecule is COC(=O)c1cnc(N)cc1Cl. The van der Waals surface area contributed by atoms with Crippen molar-refractivity contribution in [2.24, 2.45) is 0 Å². The van der Waals surface area contributed by atoms with Crippen molar-refractivity contribution in [3.63, 3.8) is 0 Å². The Kier molecular flexibility index (Phi) is 2.50. The van der Waals surface area contributed by atoms with Gasteiger partial charge in [-0.3, -0.25) is 0 Å². The smallest absolute Gasteiger partial charge is 0.340 e. The Morgan fingerprint density at radius 3 is 2.92 bits per heavy atom. The first-order chi connectivity index (χ1) is 5.65. The van der Waals surface area contributed by atoms with Crippen LogP contribution in [-0.4, -0.2) is 18.1 Å². The van der Waals surface area contributed by atoms with Gasteiger partial charge >= 0.3 is 5.97 Å². The second-order valence-electron chi connectivity index (χ2n) is 2.08. The van der Waals surface area contributed by atoms with Crippen LogP contribution in [0.15, 0.2) is 12.3 Å². The third kappa shape index (κ3) is 1.65. The molecule has 1 aromatic heterocycles. The fraction of sp³-hybridized carbons (Fsp3) is 0.143. The Balaban J connectivity index is 3.09. The zero-order valence-corrected chi connectivity index (χ0v) is 7.13. The van der Waals surface area contributed by atoms with Gasteiger partial charge in [-0.1, -0.05) is 11.6 Å². The van der Waals surface area contributed by atoms with E-state index in [9.17, 15) is 4.79 Å². The van der Waals surface area contributed by atoms with Gasteiger partial charge in [0.25, 0.3) is 0 Å². The summed E-state index contributed by atoms with van der Waals surface area (Å²) in [7, 11) is 1.27. The number of rotatable bonds is 1. The summed E-state index contributed by atoms with van der Waals surface area (Å²) in [6.45, 7) is 0. The van der Waals surface area contributed by atoms with E-state index < -0.39 is 5.97 Å². The number of carbonyl (C=O) groups excluding carboxylic acids is 1. The topological polar surface area (TPSA) is 65.2 Å². The van der Waals surface area contributed by atoms with Crippen LogP contribution in [0.5, 0.6) is 0 Å². The van der Waals surface area contributed by atoms with Crippen molar-refractivity contribution in [2.75, 3.05) is 12.8 Å². The molecule has 4 nitrogen and oxygen atoms in total. The van der Waals surface area contributed by atoms with Crippen molar-refractivity contribution in [3.05, 3.63) is 22.8 Å². The van der Waals surface area contributed by atoms with E-state index in [0.717, 1.165) is 0 Å². The molecule has 0 bridgehead atoms. The molecule has 0 aromatic carbocycles. The minimum atomic E-state index is -0.521. The first-order valence-corrected chi connectivity index (χ1v) is 3.52. The lowest BCUT2D eigenvalue weighted by molar-refractivity contribution is 0.0600. The second-order valence-corrected chi connectivity index (χ2v) is 2.49. The van der Waals surface area contributed by atoms with Crippen molar-refractivity contribution < 1.29 is 9.53 Å². The molecule has 64 valence electrons. The Labute approximate surface area is 74.3 Å². The number of carbonyl (C=O) groups is 1. The number of pyridine rings is 1. The summed E-state index contributed by atoms with van der Waals surface area (Å²) in [6.07, 6.45) is 1.28. The molecule has 0 unspecified atom stereocenters. The highest BCUT2D eigenvalue weighted by atomic mass is 35.5.